The molecule has 5 N–H and O–H groups in total. The summed E-state index contributed by atoms with van der Waals surface area (Å²) in [5, 5.41) is 0. The van der Waals surface area contributed by atoms with Gasteiger partial charge < -0.3 is 15.5 Å². The molecule has 0 saturated carbocycles. The van der Waals surface area contributed by atoms with Crippen LogP contribution < -0.4 is 15.5 Å². The van der Waals surface area contributed by atoms with Crippen LogP contribution >= 0.6 is 0 Å². The molecule has 2 rings (SSSR count). The number of piperazine rings is 1. The minimum Gasteiger partial charge on any atom is -0.352 e. The van der Waals surface area contributed by atoms with Crippen LogP contribution in [0.25, 0.3) is 0 Å². The van der Waals surface area contributed by atoms with Gasteiger partial charge in [0.15, 0.2) is 6.04 Å². The van der Waals surface area contributed by atoms with Crippen molar-refractivity contribution in [3.05, 3.63) is 35.4 Å². The molecule has 3 nitrogen and oxygen atoms in total. The maximum Gasteiger partial charge on any atom is 0.163 e. The van der Waals surface area contributed by atoms with E-state index in [0.717, 1.165) is 6.54 Å². The van der Waals surface area contributed by atoms with Gasteiger partial charge in [-0.1, -0.05) is 29.8 Å². The first-order valence-corrected chi connectivity index (χ1v) is 7.28. The van der Waals surface area contributed by atoms with E-state index in [4.69, 9.17) is 0 Å². The van der Waals surface area contributed by atoms with Crippen molar-refractivity contribution in [3.8, 4) is 0 Å². The van der Waals surface area contributed by atoms with Crippen LogP contribution in [-0.2, 0) is 0 Å². The monoisotopic (exact) mass is 250 g/mol. The minimum absolute atomic E-state index is 0.587. The van der Waals surface area contributed by atoms with Gasteiger partial charge in [0.1, 0.15) is 32.7 Å². The van der Waals surface area contributed by atoms with Crippen LogP contribution in [0, 0.1) is 6.92 Å². The smallest absolute Gasteiger partial charge is 0.163 e. The third kappa shape index (κ3) is 3.10. The Bertz CT molecular complexity index is 353. The summed E-state index contributed by atoms with van der Waals surface area (Å²) in [5.41, 5.74) is 6.98. The molecular weight excluding hydrogens is 222 g/mol. The largest absolute Gasteiger partial charge is 0.352 e. The lowest BCUT2D eigenvalue weighted by atomic mass is 10.0. The van der Waals surface area contributed by atoms with E-state index in [9.17, 15) is 0 Å². The fraction of sp³-hybridized carbons (Fsp3) is 0.600. The van der Waals surface area contributed by atoms with Crippen LogP contribution in [0.1, 0.15) is 24.1 Å². The Morgan fingerprint density at radius 1 is 1.11 bits per heavy atom. The van der Waals surface area contributed by atoms with Crippen molar-refractivity contribution < 1.29 is 15.5 Å². The highest BCUT2D eigenvalue weighted by atomic mass is 15.3. The molecule has 1 aromatic rings. The molecule has 0 spiro atoms. The average Bonchev–Trinajstić information content (AvgIpc) is 2.42. The number of aryl methyl sites for hydroxylation is 1. The van der Waals surface area contributed by atoms with Crippen molar-refractivity contribution >= 4 is 0 Å². The summed E-state index contributed by atoms with van der Waals surface area (Å²) >= 11 is 0. The summed E-state index contributed by atoms with van der Waals surface area (Å²) in [6.07, 6.45) is 0. The second-order valence-corrected chi connectivity index (χ2v) is 5.51. The summed E-state index contributed by atoms with van der Waals surface area (Å²) in [6, 6.07) is 9.62. The first-order valence-electron chi connectivity index (χ1n) is 7.28. The SMILES string of the molecule is CC[NH+]1CC[NH+]([C@@H](C[NH3+])c2ccc(C)cc2)CC1. The Hall–Kier alpha value is -0.900. The van der Waals surface area contributed by atoms with E-state index in [0.29, 0.717) is 6.04 Å². The van der Waals surface area contributed by atoms with E-state index in [1.165, 1.54) is 43.9 Å². The molecule has 0 unspecified atom stereocenters. The fourth-order valence-corrected chi connectivity index (χ4v) is 3.03. The summed E-state index contributed by atoms with van der Waals surface area (Å²) < 4.78 is 0. The molecule has 0 aliphatic carbocycles. The van der Waals surface area contributed by atoms with Crippen molar-refractivity contribution in [2.45, 2.75) is 19.9 Å². The zero-order valence-corrected chi connectivity index (χ0v) is 11.8. The van der Waals surface area contributed by atoms with Crippen LogP contribution in [0.15, 0.2) is 24.3 Å². The normalized spacial score (nSPS) is 25.9. The number of benzene rings is 1. The van der Waals surface area contributed by atoms with Gasteiger partial charge >= 0.3 is 0 Å². The molecule has 1 aliphatic rings. The van der Waals surface area contributed by atoms with Crippen LogP contribution in [-0.4, -0.2) is 39.3 Å². The van der Waals surface area contributed by atoms with Crippen LogP contribution in [0.5, 0.6) is 0 Å². The molecule has 0 bridgehead atoms. The Balaban J connectivity index is 2.03. The Kier molecular flexibility index (Phi) is 4.75. The number of rotatable bonds is 4. The zero-order valence-electron chi connectivity index (χ0n) is 11.8. The molecule has 1 saturated heterocycles. The number of likely N-dealkylation sites (N-methyl/N-ethyl adjacent to an activating group) is 1. The molecule has 0 radical (unpaired) electrons. The van der Waals surface area contributed by atoms with Gasteiger partial charge in [0.25, 0.3) is 0 Å². The van der Waals surface area contributed by atoms with Gasteiger partial charge in [-0.25, -0.2) is 0 Å². The lowest BCUT2D eigenvalue weighted by Crippen LogP contribution is -3.28. The molecule has 0 aromatic heterocycles. The first-order chi connectivity index (χ1) is 8.74. The highest BCUT2D eigenvalue weighted by Crippen LogP contribution is 2.09. The topological polar surface area (TPSA) is 36.5 Å². The highest BCUT2D eigenvalue weighted by Gasteiger charge is 2.30. The Morgan fingerprint density at radius 2 is 1.72 bits per heavy atom. The molecule has 1 atom stereocenters. The van der Waals surface area contributed by atoms with Crippen LogP contribution in [0.2, 0.25) is 0 Å². The van der Waals surface area contributed by atoms with Gasteiger partial charge in [0, 0.05) is 5.56 Å². The van der Waals surface area contributed by atoms with E-state index in [2.05, 4.69) is 43.8 Å². The van der Waals surface area contributed by atoms with Gasteiger partial charge in [0.2, 0.25) is 0 Å². The summed E-state index contributed by atoms with van der Waals surface area (Å²) in [7, 11) is 0. The van der Waals surface area contributed by atoms with Crippen molar-refractivity contribution in [1.82, 2.24) is 0 Å². The first kappa shape index (κ1) is 13.5. The number of hydrogen-bond acceptors (Lipinski definition) is 0. The molecular formula is C15H28N3+3. The predicted octanol–water partition coefficient (Wildman–Crippen LogP) is -1.92. The second-order valence-electron chi connectivity index (χ2n) is 5.51. The molecule has 0 amide bonds. The summed E-state index contributed by atoms with van der Waals surface area (Å²) in [5.74, 6) is 0. The van der Waals surface area contributed by atoms with Crippen LogP contribution in [0.4, 0.5) is 0 Å². The van der Waals surface area contributed by atoms with E-state index in [1.807, 2.05) is 0 Å². The van der Waals surface area contributed by atoms with Gasteiger partial charge in [-0.2, -0.15) is 0 Å². The fourth-order valence-electron chi connectivity index (χ4n) is 3.03. The minimum atomic E-state index is 0.587. The molecule has 1 aromatic carbocycles. The molecule has 1 aliphatic heterocycles. The van der Waals surface area contributed by atoms with E-state index in [1.54, 1.807) is 9.80 Å². The average molecular weight is 250 g/mol. The second kappa shape index (κ2) is 6.32. The number of nitrogens with one attached hydrogen (secondary N) is 2. The highest BCUT2D eigenvalue weighted by molar-refractivity contribution is 5.22. The van der Waals surface area contributed by atoms with Gasteiger partial charge in [0.05, 0.1) is 6.54 Å². The van der Waals surface area contributed by atoms with E-state index >= 15 is 0 Å². The third-order valence-corrected chi connectivity index (χ3v) is 4.36. The van der Waals surface area contributed by atoms with Crippen molar-refractivity contribution in [2.75, 3.05) is 39.3 Å². The summed E-state index contributed by atoms with van der Waals surface area (Å²) in [6.45, 7) is 11.9. The van der Waals surface area contributed by atoms with Crippen molar-refractivity contribution in [3.63, 3.8) is 0 Å². The lowest BCUT2D eigenvalue weighted by molar-refractivity contribution is -1.03. The van der Waals surface area contributed by atoms with E-state index < -0.39 is 0 Å². The predicted molar refractivity (Wildman–Crippen MR) is 73.6 cm³/mol. The molecule has 1 fully saturated rings. The third-order valence-electron chi connectivity index (χ3n) is 4.36. The molecule has 1 heterocycles. The van der Waals surface area contributed by atoms with Crippen molar-refractivity contribution in [1.29, 1.82) is 0 Å². The summed E-state index contributed by atoms with van der Waals surface area (Å²) in [4.78, 5) is 3.48. The Labute approximate surface area is 111 Å². The van der Waals surface area contributed by atoms with Gasteiger partial charge in [-0.3, -0.25) is 0 Å². The Morgan fingerprint density at radius 3 is 2.22 bits per heavy atom. The lowest BCUT2D eigenvalue weighted by Gasteiger charge is -2.33. The maximum absolute atomic E-state index is 4.17. The van der Waals surface area contributed by atoms with Crippen molar-refractivity contribution in [2.24, 2.45) is 0 Å². The van der Waals surface area contributed by atoms with Gasteiger partial charge in [-0.15, -0.1) is 0 Å². The molecule has 18 heavy (non-hydrogen) atoms. The maximum atomic E-state index is 4.17. The van der Waals surface area contributed by atoms with E-state index in [-0.39, 0.29) is 0 Å². The number of quaternary nitrogens is 3. The quantitative estimate of drug-likeness (QED) is 0.557. The molecule has 3 heteroatoms. The van der Waals surface area contributed by atoms with Crippen LogP contribution in [0.3, 0.4) is 0 Å². The number of hydrogen-bond donors (Lipinski definition) is 3. The zero-order chi connectivity index (χ0) is 13.0. The molecule has 100 valence electrons. The van der Waals surface area contributed by atoms with Gasteiger partial charge in [-0.05, 0) is 13.8 Å². The standard InChI is InChI=1S/C15H25N3/c1-3-17-8-10-18(11-9-17)15(12-16)14-6-4-13(2)5-7-14/h4-7,15H,3,8-12,16H2,1-2H3/p+3/t15-/m0/s1.